The van der Waals surface area contributed by atoms with Crippen LogP contribution >= 0.6 is 0 Å². The first-order valence-corrected chi connectivity index (χ1v) is 6.10. The van der Waals surface area contributed by atoms with Crippen LogP contribution in [0, 0.1) is 5.82 Å². The molecule has 1 aromatic carbocycles. The van der Waals surface area contributed by atoms with Gasteiger partial charge in [0, 0.05) is 18.4 Å². The standard InChI is InChI=1S/C14H17FO3/c15-12-9-7-11(8-10-12)13(16)5-3-1-2-4-6-14(17)18/h7-10H,1-6H2,(H,17,18). The van der Waals surface area contributed by atoms with E-state index >= 15 is 0 Å². The first-order chi connectivity index (χ1) is 8.59. The summed E-state index contributed by atoms with van der Waals surface area (Å²) in [6.07, 6.45) is 3.68. The zero-order valence-electron chi connectivity index (χ0n) is 10.2. The molecule has 0 aliphatic rings. The van der Waals surface area contributed by atoms with E-state index in [2.05, 4.69) is 0 Å². The van der Waals surface area contributed by atoms with Crippen LogP contribution in [-0.4, -0.2) is 16.9 Å². The quantitative estimate of drug-likeness (QED) is 0.569. The maximum absolute atomic E-state index is 12.6. The van der Waals surface area contributed by atoms with Gasteiger partial charge in [0.25, 0.3) is 0 Å². The van der Waals surface area contributed by atoms with Crippen molar-refractivity contribution in [3.63, 3.8) is 0 Å². The molecule has 0 saturated carbocycles. The minimum atomic E-state index is -0.780. The highest BCUT2D eigenvalue weighted by molar-refractivity contribution is 5.95. The lowest BCUT2D eigenvalue weighted by Crippen LogP contribution is -1.99. The van der Waals surface area contributed by atoms with Gasteiger partial charge >= 0.3 is 5.97 Å². The van der Waals surface area contributed by atoms with Gasteiger partial charge in [0.05, 0.1) is 0 Å². The molecule has 0 aromatic heterocycles. The molecule has 0 amide bonds. The van der Waals surface area contributed by atoms with Crippen molar-refractivity contribution < 1.29 is 19.1 Å². The summed E-state index contributed by atoms with van der Waals surface area (Å²) in [4.78, 5) is 21.9. The van der Waals surface area contributed by atoms with E-state index < -0.39 is 5.97 Å². The van der Waals surface area contributed by atoms with Gasteiger partial charge in [-0.05, 0) is 37.1 Å². The van der Waals surface area contributed by atoms with Crippen molar-refractivity contribution in [3.05, 3.63) is 35.6 Å². The highest BCUT2D eigenvalue weighted by Crippen LogP contribution is 2.10. The molecule has 0 radical (unpaired) electrons. The van der Waals surface area contributed by atoms with Gasteiger partial charge in [0.15, 0.2) is 5.78 Å². The molecular weight excluding hydrogens is 235 g/mol. The number of ketones is 1. The number of carbonyl (C=O) groups excluding carboxylic acids is 1. The molecular formula is C14H17FO3. The number of hydrogen-bond donors (Lipinski definition) is 1. The normalized spacial score (nSPS) is 10.3. The van der Waals surface area contributed by atoms with Gasteiger partial charge in [-0.1, -0.05) is 12.8 Å². The van der Waals surface area contributed by atoms with Crippen molar-refractivity contribution in [1.82, 2.24) is 0 Å². The number of aliphatic carboxylic acids is 1. The molecule has 0 aliphatic carbocycles. The van der Waals surface area contributed by atoms with Gasteiger partial charge in [-0.25, -0.2) is 4.39 Å². The average Bonchev–Trinajstić information content (AvgIpc) is 2.34. The van der Waals surface area contributed by atoms with Crippen LogP contribution in [-0.2, 0) is 4.79 Å². The second-order valence-corrected chi connectivity index (χ2v) is 4.24. The predicted octanol–water partition coefficient (Wildman–Crippen LogP) is 3.43. The summed E-state index contributed by atoms with van der Waals surface area (Å²) in [5, 5.41) is 8.44. The molecule has 1 N–H and O–H groups in total. The topological polar surface area (TPSA) is 54.4 Å². The number of carboxylic acids is 1. The van der Waals surface area contributed by atoms with Gasteiger partial charge in [-0.2, -0.15) is 0 Å². The smallest absolute Gasteiger partial charge is 0.303 e. The van der Waals surface area contributed by atoms with E-state index in [1.54, 1.807) is 0 Å². The first-order valence-electron chi connectivity index (χ1n) is 6.10. The van der Waals surface area contributed by atoms with Crippen molar-refractivity contribution in [2.24, 2.45) is 0 Å². The Morgan fingerprint density at radius 2 is 1.50 bits per heavy atom. The van der Waals surface area contributed by atoms with Crippen molar-refractivity contribution in [2.45, 2.75) is 38.5 Å². The third-order valence-corrected chi connectivity index (χ3v) is 2.71. The number of carboxylic acid groups (broad SMARTS) is 1. The molecule has 4 heteroatoms. The number of hydrogen-bond acceptors (Lipinski definition) is 2. The van der Waals surface area contributed by atoms with Gasteiger partial charge in [-0.3, -0.25) is 9.59 Å². The Balaban J connectivity index is 2.17. The summed E-state index contributed by atoms with van der Waals surface area (Å²) >= 11 is 0. The van der Waals surface area contributed by atoms with Gasteiger partial charge < -0.3 is 5.11 Å². The van der Waals surface area contributed by atoms with E-state index in [9.17, 15) is 14.0 Å². The molecule has 98 valence electrons. The van der Waals surface area contributed by atoms with E-state index in [1.807, 2.05) is 0 Å². The Hall–Kier alpha value is -1.71. The van der Waals surface area contributed by atoms with Gasteiger partial charge in [-0.15, -0.1) is 0 Å². The fourth-order valence-electron chi connectivity index (χ4n) is 1.70. The fraction of sp³-hybridized carbons (Fsp3) is 0.429. The molecule has 0 bridgehead atoms. The molecule has 0 spiro atoms. The summed E-state index contributed by atoms with van der Waals surface area (Å²) in [6.45, 7) is 0. The molecule has 1 rings (SSSR count). The van der Waals surface area contributed by atoms with Crippen LogP contribution in [0.3, 0.4) is 0 Å². The Morgan fingerprint density at radius 3 is 2.06 bits per heavy atom. The maximum Gasteiger partial charge on any atom is 0.303 e. The highest BCUT2D eigenvalue weighted by Gasteiger charge is 2.05. The Kier molecular flexibility index (Phi) is 6.05. The molecule has 0 aliphatic heterocycles. The van der Waals surface area contributed by atoms with Crippen LogP contribution in [0.4, 0.5) is 4.39 Å². The van der Waals surface area contributed by atoms with Crippen molar-refractivity contribution in [3.8, 4) is 0 Å². The highest BCUT2D eigenvalue weighted by atomic mass is 19.1. The minimum absolute atomic E-state index is 0.00762. The summed E-state index contributed by atoms with van der Waals surface area (Å²) in [5.74, 6) is -1.12. The lowest BCUT2D eigenvalue weighted by Gasteiger charge is -2.01. The molecule has 0 atom stereocenters. The number of carbonyl (C=O) groups is 2. The number of rotatable bonds is 8. The van der Waals surface area contributed by atoms with Gasteiger partial charge in [0.1, 0.15) is 5.82 Å². The minimum Gasteiger partial charge on any atom is -0.481 e. The predicted molar refractivity (Wildman–Crippen MR) is 66.1 cm³/mol. The largest absolute Gasteiger partial charge is 0.481 e. The lowest BCUT2D eigenvalue weighted by molar-refractivity contribution is -0.137. The van der Waals surface area contributed by atoms with Crippen LogP contribution in [0.2, 0.25) is 0 Å². The van der Waals surface area contributed by atoms with E-state index in [0.717, 1.165) is 19.3 Å². The molecule has 1 aromatic rings. The number of unbranched alkanes of at least 4 members (excludes halogenated alkanes) is 3. The van der Waals surface area contributed by atoms with Gasteiger partial charge in [0.2, 0.25) is 0 Å². The van der Waals surface area contributed by atoms with Crippen molar-refractivity contribution in [1.29, 1.82) is 0 Å². The van der Waals surface area contributed by atoms with E-state index in [4.69, 9.17) is 5.11 Å². The first kappa shape index (κ1) is 14.4. The molecule has 0 fully saturated rings. The van der Waals surface area contributed by atoms with Crippen LogP contribution in [0.25, 0.3) is 0 Å². The molecule has 0 saturated heterocycles. The van der Waals surface area contributed by atoms with Crippen LogP contribution in [0.1, 0.15) is 48.9 Å². The molecule has 3 nitrogen and oxygen atoms in total. The SMILES string of the molecule is O=C(O)CCCCCCC(=O)c1ccc(F)cc1. The zero-order chi connectivity index (χ0) is 13.4. The fourth-order valence-corrected chi connectivity index (χ4v) is 1.70. The van der Waals surface area contributed by atoms with Crippen molar-refractivity contribution in [2.75, 3.05) is 0 Å². The van der Waals surface area contributed by atoms with E-state index in [-0.39, 0.29) is 18.0 Å². The Morgan fingerprint density at radius 1 is 0.944 bits per heavy atom. The third-order valence-electron chi connectivity index (χ3n) is 2.71. The number of Topliss-reactive ketones (excluding diaryl/α,β-unsaturated/α-hetero) is 1. The zero-order valence-corrected chi connectivity index (χ0v) is 10.2. The second-order valence-electron chi connectivity index (χ2n) is 4.24. The summed E-state index contributed by atoms with van der Waals surface area (Å²) in [7, 11) is 0. The van der Waals surface area contributed by atoms with E-state index in [1.165, 1.54) is 24.3 Å². The monoisotopic (exact) mass is 252 g/mol. The lowest BCUT2D eigenvalue weighted by atomic mass is 10.0. The Bertz CT molecular complexity index is 398. The molecule has 0 heterocycles. The Labute approximate surface area is 106 Å². The molecule has 18 heavy (non-hydrogen) atoms. The number of halogens is 1. The van der Waals surface area contributed by atoms with Crippen molar-refractivity contribution >= 4 is 11.8 Å². The van der Waals surface area contributed by atoms with Crippen LogP contribution in [0.15, 0.2) is 24.3 Å². The average molecular weight is 252 g/mol. The third kappa shape index (κ3) is 5.57. The summed E-state index contributed by atoms with van der Waals surface area (Å²) in [5.41, 5.74) is 0.530. The summed E-state index contributed by atoms with van der Waals surface area (Å²) < 4.78 is 12.6. The number of benzene rings is 1. The maximum atomic E-state index is 12.6. The molecule has 0 unspecified atom stereocenters. The van der Waals surface area contributed by atoms with E-state index in [0.29, 0.717) is 18.4 Å². The second kappa shape index (κ2) is 7.58. The van der Waals surface area contributed by atoms with Crippen LogP contribution < -0.4 is 0 Å². The summed E-state index contributed by atoms with van der Waals surface area (Å²) in [6, 6.07) is 5.53. The van der Waals surface area contributed by atoms with Crippen LogP contribution in [0.5, 0.6) is 0 Å².